The van der Waals surface area contributed by atoms with Crippen molar-refractivity contribution >= 4 is 39.6 Å². The van der Waals surface area contributed by atoms with Crippen LogP contribution in [0.3, 0.4) is 0 Å². The van der Waals surface area contributed by atoms with E-state index in [2.05, 4.69) is 29.9 Å². The van der Waals surface area contributed by atoms with E-state index in [1.807, 2.05) is 0 Å². The van der Waals surface area contributed by atoms with Crippen molar-refractivity contribution in [1.29, 1.82) is 0 Å². The number of aliphatic hydroxyl groups excluding tert-OH is 3. The van der Waals surface area contributed by atoms with Crippen molar-refractivity contribution in [2.24, 2.45) is 0 Å². The van der Waals surface area contributed by atoms with E-state index in [-0.39, 0.29) is 16.7 Å². The third kappa shape index (κ3) is 3.10. The normalized spacial score (nSPS) is 23.7. The molecule has 0 aliphatic carbocycles. The van der Waals surface area contributed by atoms with Crippen LogP contribution in [-0.4, -0.2) is 75.0 Å². The summed E-state index contributed by atoms with van der Waals surface area (Å²) in [4.78, 5) is 23.8. The van der Waals surface area contributed by atoms with Crippen molar-refractivity contribution in [1.82, 2.24) is 29.8 Å². The molecular formula is C16H13N7O7S. The van der Waals surface area contributed by atoms with Crippen LogP contribution in [-0.2, 0) is 4.74 Å². The lowest BCUT2D eigenvalue weighted by Gasteiger charge is -2.16. The molecule has 1 saturated heterocycles. The molecule has 14 nitrogen and oxygen atoms in total. The Labute approximate surface area is 175 Å². The molecule has 4 atom stereocenters. The molecule has 4 aromatic rings. The molecule has 0 unspecified atom stereocenters. The molecule has 0 spiro atoms. The summed E-state index contributed by atoms with van der Waals surface area (Å²) < 4.78 is 11.7. The molecule has 15 heteroatoms. The quantitative estimate of drug-likeness (QED) is 0.211. The summed E-state index contributed by atoms with van der Waals surface area (Å²) in [6.07, 6.45) is -1.84. The maximum Gasteiger partial charge on any atom is 0.300 e. The molecule has 3 N–H and O–H groups in total. The summed E-state index contributed by atoms with van der Waals surface area (Å²) in [6.45, 7) is -0.459. The van der Waals surface area contributed by atoms with E-state index in [1.165, 1.54) is 29.4 Å². The van der Waals surface area contributed by atoms with Crippen LogP contribution in [0.2, 0.25) is 0 Å². The largest absolute Gasteiger partial charge is 0.394 e. The van der Waals surface area contributed by atoms with E-state index < -0.39 is 36.1 Å². The highest BCUT2D eigenvalue weighted by Gasteiger charge is 2.44. The molecule has 0 amide bonds. The molecule has 4 heterocycles. The van der Waals surface area contributed by atoms with E-state index in [1.54, 1.807) is 0 Å². The molecule has 1 aliphatic rings. The number of hydrogen-bond acceptors (Lipinski definition) is 13. The summed E-state index contributed by atoms with van der Waals surface area (Å²) in [5, 5.41) is 48.6. The van der Waals surface area contributed by atoms with Crippen LogP contribution in [0.4, 0.5) is 5.69 Å². The van der Waals surface area contributed by atoms with E-state index in [0.29, 0.717) is 21.1 Å². The molecule has 3 aromatic heterocycles. The number of nitro groups is 1. The standard InChI is InChI=1S/C16H13N7O7S/c24-3-7-12(25)13(26)16(29-7)22-5-19-11-14(22)17-4-18-15(11)31-8-2-1-6(23(27)28)9-10(8)21-30-20-9/h1-2,4-5,7,12-13,16,24-26H,3H2/t7-,12+,13-,16-/m0/s1. The summed E-state index contributed by atoms with van der Waals surface area (Å²) in [6, 6.07) is 2.80. The zero-order valence-corrected chi connectivity index (χ0v) is 16.2. The zero-order chi connectivity index (χ0) is 21.7. The summed E-state index contributed by atoms with van der Waals surface area (Å²) in [5.41, 5.74) is 0.672. The van der Waals surface area contributed by atoms with Gasteiger partial charge in [-0.1, -0.05) is 11.8 Å². The van der Waals surface area contributed by atoms with Crippen molar-refractivity contribution in [2.75, 3.05) is 6.61 Å². The second-order valence-electron chi connectivity index (χ2n) is 6.64. The lowest BCUT2D eigenvalue weighted by atomic mass is 10.1. The van der Waals surface area contributed by atoms with Crippen molar-refractivity contribution in [3.63, 3.8) is 0 Å². The van der Waals surface area contributed by atoms with Gasteiger partial charge in [0, 0.05) is 11.0 Å². The highest BCUT2D eigenvalue weighted by Crippen LogP contribution is 2.38. The van der Waals surface area contributed by atoms with E-state index in [4.69, 9.17) is 4.74 Å². The third-order valence-electron chi connectivity index (χ3n) is 4.88. The Kier molecular flexibility index (Phi) is 4.75. The first-order valence-electron chi connectivity index (χ1n) is 8.87. The number of imidazole rings is 1. The molecule has 160 valence electrons. The van der Waals surface area contributed by atoms with Gasteiger partial charge in [-0.3, -0.25) is 14.7 Å². The number of aliphatic hydroxyl groups is 3. The molecule has 1 aliphatic heterocycles. The number of rotatable bonds is 5. The molecule has 0 saturated carbocycles. The highest BCUT2D eigenvalue weighted by molar-refractivity contribution is 7.99. The first kappa shape index (κ1) is 19.7. The minimum Gasteiger partial charge on any atom is -0.394 e. The average molecular weight is 447 g/mol. The van der Waals surface area contributed by atoms with Crippen LogP contribution in [0.25, 0.3) is 22.2 Å². The molecule has 31 heavy (non-hydrogen) atoms. The Balaban J connectivity index is 1.53. The molecule has 1 aromatic carbocycles. The van der Waals surface area contributed by atoms with E-state index >= 15 is 0 Å². The fourth-order valence-electron chi connectivity index (χ4n) is 3.37. The molecule has 1 fully saturated rings. The number of benzene rings is 1. The van der Waals surface area contributed by atoms with Gasteiger partial charge >= 0.3 is 5.69 Å². The van der Waals surface area contributed by atoms with Crippen molar-refractivity contribution in [3.8, 4) is 0 Å². The second-order valence-corrected chi connectivity index (χ2v) is 7.67. The van der Waals surface area contributed by atoms with Gasteiger partial charge in [0.05, 0.1) is 17.9 Å². The summed E-state index contributed by atoms with van der Waals surface area (Å²) in [5.74, 6) is 0. The van der Waals surface area contributed by atoms with Gasteiger partial charge in [-0.2, -0.15) is 0 Å². The van der Waals surface area contributed by atoms with Gasteiger partial charge in [-0.05, 0) is 16.4 Å². The topological polar surface area (TPSA) is 196 Å². The summed E-state index contributed by atoms with van der Waals surface area (Å²) in [7, 11) is 0. The van der Waals surface area contributed by atoms with Crippen LogP contribution < -0.4 is 0 Å². The lowest BCUT2D eigenvalue weighted by Crippen LogP contribution is -2.33. The van der Waals surface area contributed by atoms with Gasteiger partial charge in [-0.25, -0.2) is 19.6 Å². The Morgan fingerprint density at radius 1 is 1.13 bits per heavy atom. The minimum absolute atomic E-state index is 0.0114. The fourth-order valence-corrected chi connectivity index (χ4v) is 4.28. The number of nitrogens with zero attached hydrogens (tertiary/aromatic N) is 7. The van der Waals surface area contributed by atoms with E-state index in [0.717, 1.165) is 11.8 Å². The maximum atomic E-state index is 11.2. The number of ether oxygens (including phenoxy) is 1. The molecular weight excluding hydrogens is 434 g/mol. The van der Waals surface area contributed by atoms with Crippen LogP contribution >= 0.6 is 11.8 Å². The second kappa shape index (κ2) is 7.47. The first-order chi connectivity index (χ1) is 15.0. The predicted molar refractivity (Wildman–Crippen MR) is 101 cm³/mol. The van der Waals surface area contributed by atoms with Crippen LogP contribution in [0, 0.1) is 10.1 Å². The number of nitro benzene ring substituents is 1. The van der Waals surface area contributed by atoms with Crippen LogP contribution in [0.5, 0.6) is 0 Å². The smallest absolute Gasteiger partial charge is 0.300 e. The Morgan fingerprint density at radius 2 is 1.94 bits per heavy atom. The molecule has 0 radical (unpaired) electrons. The number of hydrogen-bond donors (Lipinski definition) is 3. The Morgan fingerprint density at radius 3 is 2.68 bits per heavy atom. The van der Waals surface area contributed by atoms with Crippen LogP contribution in [0.15, 0.2) is 39.3 Å². The third-order valence-corrected chi connectivity index (χ3v) is 5.92. The maximum absolute atomic E-state index is 11.2. The number of fused-ring (bicyclic) bond motifs is 2. The number of non-ortho nitro benzene ring substituents is 1. The highest BCUT2D eigenvalue weighted by atomic mass is 32.2. The van der Waals surface area contributed by atoms with Gasteiger partial charge in [0.1, 0.15) is 35.2 Å². The first-order valence-corrected chi connectivity index (χ1v) is 9.68. The Bertz CT molecular complexity index is 1290. The zero-order valence-electron chi connectivity index (χ0n) is 15.3. The van der Waals surface area contributed by atoms with Gasteiger partial charge in [0.15, 0.2) is 17.4 Å². The Hall–Kier alpha value is -3.24. The molecule has 5 rings (SSSR count). The van der Waals surface area contributed by atoms with Gasteiger partial charge < -0.3 is 20.1 Å². The number of aromatic nitrogens is 6. The fraction of sp³-hybridized carbons (Fsp3) is 0.312. The summed E-state index contributed by atoms with van der Waals surface area (Å²) >= 11 is 1.13. The van der Waals surface area contributed by atoms with Crippen molar-refractivity contribution in [3.05, 3.63) is 34.9 Å². The molecule has 0 bridgehead atoms. The monoisotopic (exact) mass is 447 g/mol. The van der Waals surface area contributed by atoms with Gasteiger partial charge in [-0.15, -0.1) is 0 Å². The minimum atomic E-state index is -1.30. The lowest BCUT2D eigenvalue weighted by molar-refractivity contribution is -0.383. The van der Waals surface area contributed by atoms with Gasteiger partial charge in [0.2, 0.25) is 5.52 Å². The van der Waals surface area contributed by atoms with Crippen LogP contribution in [0.1, 0.15) is 6.23 Å². The van der Waals surface area contributed by atoms with Gasteiger partial charge in [0.25, 0.3) is 0 Å². The average Bonchev–Trinajstić information content (AvgIpc) is 3.47. The van der Waals surface area contributed by atoms with Crippen molar-refractivity contribution < 1.29 is 29.6 Å². The SMILES string of the molecule is O=[N+]([O-])c1ccc(Sc2ncnc3c2ncn3[C@H]2O[C@@H](CO)[C@@H](O)[C@@H]2O)c2nonc12. The van der Waals surface area contributed by atoms with E-state index in [9.17, 15) is 25.4 Å². The predicted octanol–water partition coefficient (Wildman–Crippen LogP) is 0.0334. The van der Waals surface area contributed by atoms with Crippen molar-refractivity contribution in [2.45, 2.75) is 34.5 Å².